The van der Waals surface area contributed by atoms with Crippen molar-refractivity contribution >= 4 is 22.5 Å². The van der Waals surface area contributed by atoms with Crippen molar-refractivity contribution in [2.24, 2.45) is 0 Å². The normalized spacial score (nSPS) is 10.9. The van der Waals surface area contributed by atoms with Gasteiger partial charge in [-0.3, -0.25) is 0 Å². The lowest BCUT2D eigenvalue weighted by molar-refractivity contribution is 0.419. The molecule has 0 fully saturated rings. The van der Waals surface area contributed by atoms with Gasteiger partial charge in [0.05, 0.1) is 18.5 Å². The lowest BCUT2D eigenvalue weighted by Crippen LogP contribution is -1.98. The van der Waals surface area contributed by atoms with E-state index in [1.165, 1.54) is 7.11 Å². The van der Waals surface area contributed by atoms with Crippen molar-refractivity contribution in [1.29, 1.82) is 0 Å². The number of ether oxygens (including phenoxy) is 1. The predicted octanol–water partition coefficient (Wildman–Crippen LogP) is 2.98. The monoisotopic (exact) mass is 269 g/mol. The molecule has 0 saturated carbocycles. The zero-order chi connectivity index (χ0) is 14.3. The minimum absolute atomic E-state index is 0.459. The Kier molecular flexibility index (Phi) is 2.75. The van der Waals surface area contributed by atoms with Gasteiger partial charge in [-0.2, -0.15) is 0 Å². The molecule has 2 aromatic carbocycles. The molecule has 20 heavy (non-hydrogen) atoms. The van der Waals surface area contributed by atoms with Crippen LogP contribution in [0.3, 0.4) is 0 Å². The van der Waals surface area contributed by atoms with E-state index < -0.39 is 0 Å². The van der Waals surface area contributed by atoms with Crippen LogP contribution in [0.4, 0.5) is 11.4 Å². The Balaban J connectivity index is 2.15. The van der Waals surface area contributed by atoms with Gasteiger partial charge < -0.3 is 20.6 Å². The maximum atomic E-state index is 5.91. The number of hydrogen-bond acceptors (Lipinski definition) is 5. The summed E-state index contributed by atoms with van der Waals surface area (Å²) >= 11 is 0. The van der Waals surface area contributed by atoms with Gasteiger partial charge >= 0.3 is 0 Å². The number of anilines is 2. The average Bonchev–Trinajstić information content (AvgIpc) is 2.81. The van der Waals surface area contributed by atoms with E-state index in [1.54, 1.807) is 12.1 Å². The van der Waals surface area contributed by atoms with Crippen LogP contribution in [0.5, 0.6) is 5.75 Å². The first-order valence-corrected chi connectivity index (χ1v) is 6.19. The quantitative estimate of drug-likeness (QED) is 0.698. The number of fused-ring (bicyclic) bond motifs is 1. The molecule has 3 rings (SSSR count). The van der Waals surface area contributed by atoms with Crippen molar-refractivity contribution in [2.75, 3.05) is 18.6 Å². The summed E-state index contributed by atoms with van der Waals surface area (Å²) in [6, 6.07) is 9.34. The smallest absolute Gasteiger partial charge is 0.227 e. The molecule has 102 valence electrons. The molecule has 0 aliphatic rings. The molecule has 0 radical (unpaired) electrons. The Hall–Kier alpha value is -2.69. The van der Waals surface area contributed by atoms with Gasteiger partial charge in [-0.25, -0.2) is 4.98 Å². The van der Waals surface area contributed by atoms with Crippen LogP contribution in [-0.4, -0.2) is 12.1 Å². The van der Waals surface area contributed by atoms with Crippen LogP contribution in [-0.2, 0) is 0 Å². The van der Waals surface area contributed by atoms with Gasteiger partial charge in [0.15, 0.2) is 11.3 Å². The van der Waals surface area contributed by atoms with Crippen LogP contribution in [0.2, 0.25) is 0 Å². The lowest BCUT2D eigenvalue weighted by Gasteiger charge is -2.08. The summed E-state index contributed by atoms with van der Waals surface area (Å²) in [5.74, 6) is 0.965. The molecule has 0 saturated heterocycles. The number of methoxy groups -OCH3 is 1. The second kappa shape index (κ2) is 4.45. The number of rotatable bonds is 2. The number of aromatic nitrogens is 1. The van der Waals surface area contributed by atoms with Gasteiger partial charge in [0.1, 0.15) is 5.52 Å². The van der Waals surface area contributed by atoms with Crippen LogP contribution in [0.15, 0.2) is 34.7 Å². The van der Waals surface area contributed by atoms with Crippen molar-refractivity contribution in [2.45, 2.75) is 6.92 Å². The Bertz CT molecular complexity index is 770. The van der Waals surface area contributed by atoms with Crippen molar-refractivity contribution in [3.63, 3.8) is 0 Å². The lowest BCUT2D eigenvalue weighted by atomic mass is 10.1. The molecule has 5 heteroatoms. The molecule has 1 heterocycles. The Labute approximate surface area is 116 Å². The van der Waals surface area contributed by atoms with Crippen LogP contribution < -0.4 is 16.2 Å². The van der Waals surface area contributed by atoms with E-state index in [0.29, 0.717) is 23.0 Å². The predicted molar refractivity (Wildman–Crippen MR) is 79.6 cm³/mol. The number of nitrogens with two attached hydrogens (primary N) is 2. The maximum Gasteiger partial charge on any atom is 0.227 e. The highest BCUT2D eigenvalue weighted by atomic mass is 16.5. The highest BCUT2D eigenvalue weighted by Gasteiger charge is 2.13. The van der Waals surface area contributed by atoms with Crippen LogP contribution in [0.1, 0.15) is 5.56 Å². The fourth-order valence-electron chi connectivity index (χ4n) is 2.19. The summed E-state index contributed by atoms with van der Waals surface area (Å²) in [7, 11) is 1.53. The van der Waals surface area contributed by atoms with E-state index >= 15 is 0 Å². The summed E-state index contributed by atoms with van der Waals surface area (Å²) < 4.78 is 10.9. The van der Waals surface area contributed by atoms with Crippen molar-refractivity contribution in [3.8, 4) is 17.2 Å². The molecule has 0 amide bonds. The first kappa shape index (κ1) is 12.3. The van der Waals surface area contributed by atoms with Crippen LogP contribution in [0.25, 0.3) is 22.6 Å². The van der Waals surface area contributed by atoms with Gasteiger partial charge in [0.2, 0.25) is 5.89 Å². The first-order valence-electron chi connectivity index (χ1n) is 6.19. The molecular formula is C15H15N3O2. The summed E-state index contributed by atoms with van der Waals surface area (Å²) in [5.41, 5.74) is 16.2. The van der Waals surface area contributed by atoms with E-state index in [2.05, 4.69) is 4.98 Å². The molecule has 3 aromatic rings. The Morgan fingerprint density at radius 1 is 1.10 bits per heavy atom. The zero-order valence-electron chi connectivity index (χ0n) is 11.3. The van der Waals surface area contributed by atoms with Crippen LogP contribution in [0, 0.1) is 6.92 Å². The number of hydrogen-bond donors (Lipinski definition) is 2. The second-order valence-corrected chi connectivity index (χ2v) is 4.68. The van der Waals surface area contributed by atoms with E-state index in [1.807, 2.05) is 25.1 Å². The number of aryl methyl sites for hydroxylation is 1. The zero-order valence-corrected chi connectivity index (χ0v) is 11.3. The molecule has 1 aromatic heterocycles. The van der Waals surface area contributed by atoms with Gasteiger partial charge in [0.25, 0.3) is 0 Å². The molecule has 0 aliphatic carbocycles. The molecule has 0 unspecified atom stereocenters. The topological polar surface area (TPSA) is 87.3 Å². The summed E-state index contributed by atoms with van der Waals surface area (Å²) in [6.45, 7) is 2.01. The average molecular weight is 269 g/mol. The van der Waals surface area contributed by atoms with E-state index in [-0.39, 0.29) is 0 Å². The summed E-state index contributed by atoms with van der Waals surface area (Å²) in [5, 5.41) is 0. The number of nitrogen functional groups attached to an aromatic ring is 2. The first-order chi connectivity index (χ1) is 9.58. The van der Waals surface area contributed by atoms with Gasteiger partial charge in [0, 0.05) is 5.56 Å². The van der Waals surface area contributed by atoms with Gasteiger partial charge in [-0.15, -0.1) is 0 Å². The third kappa shape index (κ3) is 1.93. The molecule has 4 N–H and O–H groups in total. The SMILES string of the molecule is COc1c(N)cc(-c2nc3cc(C)ccc3o2)cc1N. The molecule has 0 bridgehead atoms. The van der Waals surface area contributed by atoms with E-state index in [9.17, 15) is 0 Å². The number of nitrogens with zero attached hydrogens (tertiary/aromatic N) is 1. The highest BCUT2D eigenvalue weighted by Crippen LogP contribution is 2.35. The molecule has 0 spiro atoms. The standard InChI is InChI=1S/C15H15N3O2/c1-8-3-4-13-12(5-8)18-15(20-13)9-6-10(16)14(19-2)11(17)7-9/h3-7H,16-17H2,1-2H3. The van der Waals surface area contributed by atoms with Gasteiger partial charge in [-0.1, -0.05) is 6.07 Å². The summed E-state index contributed by atoms with van der Waals surface area (Å²) in [6.07, 6.45) is 0. The summed E-state index contributed by atoms with van der Waals surface area (Å²) in [4.78, 5) is 4.46. The van der Waals surface area contributed by atoms with Crippen LogP contribution >= 0.6 is 0 Å². The number of benzene rings is 2. The van der Waals surface area contributed by atoms with Gasteiger partial charge in [-0.05, 0) is 36.8 Å². The third-order valence-electron chi connectivity index (χ3n) is 3.14. The minimum atomic E-state index is 0.459. The Morgan fingerprint density at radius 3 is 2.45 bits per heavy atom. The fourth-order valence-corrected chi connectivity index (χ4v) is 2.19. The van der Waals surface area contributed by atoms with Crippen molar-refractivity contribution in [3.05, 3.63) is 35.9 Å². The number of oxazole rings is 1. The van der Waals surface area contributed by atoms with Crippen molar-refractivity contribution in [1.82, 2.24) is 4.98 Å². The minimum Gasteiger partial charge on any atom is -0.492 e. The van der Waals surface area contributed by atoms with Crippen molar-refractivity contribution < 1.29 is 9.15 Å². The van der Waals surface area contributed by atoms with E-state index in [0.717, 1.165) is 22.2 Å². The molecule has 0 atom stereocenters. The largest absolute Gasteiger partial charge is 0.492 e. The molecule has 0 aliphatic heterocycles. The highest BCUT2D eigenvalue weighted by molar-refractivity contribution is 5.80. The molecular weight excluding hydrogens is 254 g/mol. The second-order valence-electron chi connectivity index (χ2n) is 4.68. The molecule has 5 nitrogen and oxygen atoms in total. The van der Waals surface area contributed by atoms with E-state index in [4.69, 9.17) is 20.6 Å². The maximum absolute atomic E-state index is 5.91. The Morgan fingerprint density at radius 2 is 1.80 bits per heavy atom. The fraction of sp³-hybridized carbons (Fsp3) is 0.133. The third-order valence-corrected chi connectivity index (χ3v) is 3.14.